The zero-order valence-electron chi connectivity index (χ0n) is 20.8. The zero-order valence-corrected chi connectivity index (χ0v) is 21.6. The quantitative estimate of drug-likeness (QED) is 0.337. The van der Waals surface area contributed by atoms with Crippen molar-refractivity contribution in [1.29, 1.82) is 0 Å². The number of methoxy groups -OCH3 is 1. The maximum absolute atomic E-state index is 13.2. The summed E-state index contributed by atoms with van der Waals surface area (Å²) in [5.74, 6) is -1.35. The maximum atomic E-state index is 13.2. The van der Waals surface area contributed by atoms with E-state index in [-0.39, 0.29) is 29.2 Å². The first-order valence-electron chi connectivity index (χ1n) is 11.5. The summed E-state index contributed by atoms with van der Waals surface area (Å²) in [7, 11) is 1.49. The lowest BCUT2D eigenvalue weighted by molar-refractivity contribution is -0.122. The van der Waals surface area contributed by atoms with E-state index in [0.717, 1.165) is 16.0 Å². The Morgan fingerprint density at radius 1 is 1.05 bits per heavy atom. The number of carbonyl (C=O) groups is 4. The number of aryl methyl sites for hydroxylation is 1. The first-order chi connectivity index (χ1) is 18.2. The lowest BCUT2D eigenvalue weighted by Gasteiger charge is -2.26. The van der Waals surface area contributed by atoms with Gasteiger partial charge in [0.1, 0.15) is 17.1 Å². The molecule has 38 heavy (non-hydrogen) atoms. The Hall–Kier alpha value is -4.63. The van der Waals surface area contributed by atoms with Crippen molar-refractivity contribution in [1.82, 2.24) is 5.32 Å². The van der Waals surface area contributed by atoms with Gasteiger partial charge in [-0.05, 0) is 79.6 Å². The van der Waals surface area contributed by atoms with Gasteiger partial charge >= 0.3 is 6.03 Å². The van der Waals surface area contributed by atoms with Crippen LogP contribution in [0.3, 0.4) is 0 Å². The Morgan fingerprint density at radius 3 is 2.50 bits per heavy atom. The summed E-state index contributed by atoms with van der Waals surface area (Å²) in [4.78, 5) is 51.7. The minimum absolute atomic E-state index is 0.214. The molecule has 3 aromatic rings. The van der Waals surface area contributed by atoms with Crippen LogP contribution in [0.1, 0.15) is 16.7 Å². The van der Waals surface area contributed by atoms with Crippen LogP contribution in [0.25, 0.3) is 6.08 Å². The molecule has 10 heteroatoms. The molecule has 2 N–H and O–H groups in total. The number of benzene rings is 3. The van der Waals surface area contributed by atoms with E-state index in [1.165, 1.54) is 37.5 Å². The second-order valence-corrected chi connectivity index (χ2v) is 8.86. The molecule has 0 atom stereocenters. The number of urea groups is 1. The third-order valence-electron chi connectivity index (χ3n) is 5.94. The fourth-order valence-corrected chi connectivity index (χ4v) is 3.94. The normalized spacial score (nSPS) is 14.4. The van der Waals surface area contributed by atoms with Crippen molar-refractivity contribution < 1.29 is 28.7 Å². The number of amides is 5. The Balaban J connectivity index is 1.58. The molecule has 194 valence electrons. The Kier molecular flexibility index (Phi) is 7.78. The summed E-state index contributed by atoms with van der Waals surface area (Å²) in [5, 5.41) is 5.29. The molecule has 1 aliphatic heterocycles. The van der Waals surface area contributed by atoms with Gasteiger partial charge < -0.3 is 14.8 Å². The minimum atomic E-state index is -0.881. The van der Waals surface area contributed by atoms with E-state index in [0.29, 0.717) is 16.5 Å². The topological polar surface area (TPSA) is 114 Å². The SMILES string of the molecule is COc1ccc(N2C(=O)NC(=O)/C(=C\c3cc(Cl)ccc3OCC(=O)Nc3cccc(C)c3C)C2=O)cc1. The third kappa shape index (κ3) is 5.68. The highest BCUT2D eigenvalue weighted by Crippen LogP contribution is 2.29. The summed E-state index contributed by atoms with van der Waals surface area (Å²) in [6.07, 6.45) is 1.27. The molecule has 0 spiro atoms. The van der Waals surface area contributed by atoms with Gasteiger partial charge in [0.05, 0.1) is 12.8 Å². The molecule has 9 nitrogen and oxygen atoms in total. The molecule has 0 saturated carbocycles. The van der Waals surface area contributed by atoms with Gasteiger partial charge in [-0.2, -0.15) is 0 Å². The van der Waals surface area contributed by atoms with Gasteiger partial charge in [0, 0.05) is 16.3 Å². The number of rotatable bonds is 7. The largest absolute Gasteiger partial charge is 0.497 e. The second-order valence-electron chi connectivity index (χ2n) is 8.42. The summed E-state index contributed by atoms with van der Waals surface area (Å²) >= 11 is 6.16. The van der Waals surface area contributed by atoms with Crippen molar-refractivity contribution >= 4 is 52.8 Å². The number of imide groups is 2. The van der Waals surface area contributed by atoms with E-state index in [2.05, 4.69) is 10.6 Å². The summed E-state index contributed by atoms with van der Waals surface area (Å²) < 4.78 is 10.8. The van der Waals surface area contributed by atoms with E-state index in [4.69, 9.17) is 21.1 Å². The van der Waals surface area contributed by atoms with Gasteiger partial charge in [-0.1, -0.05) is 23.7 Å². The summed E-state index contributed by atoms with van der Waals surface area (Å²) in [5.41, 5.74) is 2.86. The lowest BCUT2D eigenvalue weighted by Crippen LogP contribution is -2.54. The van der Waals surface area contributed by atoms with Crippen LogP contribution in [-0.4, -0.2) is 37.5 Å². The van der Waals surface area contributed by atoms with Crippen LogP contribution in [0.2, 0.25) is 5.02 Å². The molecule has 4 rings (SSSR count). The van der Waals surface area contributed by atoms with Gasteiger partial charge in [-0.15, -0.1) is 0 Å². The van der Waals surface area contributed by atoms with Crippen molar-refractivity contribution in [3.63, 3.8) is 0 Å². The molecule has 1 aliphatic rings. The van der Waals surface area contributed by atoms with Gasteiger partial charge in [0.2, 0.25) is 0 Å². The average Bonchev–Trinajstić information content (AvgIpc) is 2.89. The number of nitrogens with zero attached hydrogens (tertiary/aromatic N) is 1. The Bertz CT molecular complexity index is 1470. The zero-order chi connectivity index (χ0) is 27.4. The number of hydrogen-bond acceptors (Lipinski definition) is 6. The molecule has 0 bridgehead atoms. The first-order valence-corrected chi connectivity index (χ1v) is 11.9. The van der Waals surface area contributed by atoms with Crippen molar-refractivity contribution in [3.05, 3.63) is 87.9 Å². The van der Waals surface area contributed by atoms with Gasteiger partial charge in [0.15, 0.2) is 6.61 Å². The summed E-state index contributed by atoms with van der Waals surface area (Å²) in [6.45, 7) is 3.52. The van der Waals surface area contributed by atoms with Gasteiger partial charge in [0.25, 0.3) is 17.7 Å². The predicted molar refractivity (Wildman–Crippen MR) is 143 cm³/mol. The van der Waals surface area contributed by atoms with Gasteiger partial charge in [-0.3, -0.25) is 19.7 Å². The van der Waals surface area contributed by atoms with Crippen molar-refractivity contribution in [2.75, 3.05) is 23.9 Å². The smallest absolute Gasteiger partial charge is 0.335 e. The minimum Gasteiger partial charge on any atom is -0.497 e. The monoisotopic (exact) mass is 533 g/mol. The summed E-state index contributed by atoms with van der Waals surface area (Å²) in [6, 6.07) is 15.5. The van der Waals surface area contributed by atoms with E-state index in [9.17, 15) is 19.2 Å². The second kappa shape index (κ2) is 11.2. The highest BCUT2D eigenvalue weighted by molar-refractivity contribution is 6.39. The molecular formula is C28H24ClN3O6. The molecule has 1 saturated heterocycles. The van der Waals surface area contributed by atoms with Crippen LogP contribution in [0.15, 0.2) is 66.2 Å². The molecule has 1 heterocycles. The van der Waals surface area contributed by atoms with Crippen LogP contribution < -0.4 is 25.0 Å². The van der Waals surface area contributed by atoms with E-state index < -0.39 is 23.8 Å². The molecule has 0 aromatic heterocycles. The highest BCUT2D eigenvalue weighted by atomic mass is 35.5. The number of hydrogen-bond donors (Lipinski definition) is 2. The van der Waals surface area contributed by atoms with E-state index in [1.54, 1.807) is 24.3 Å². The lowest BCUT2D eigenvalue weighted by atomic mass is 10.1. The van der Waals surface area contributed by atoms with E-state index in [1.807, 2.05) is 26.0 Å². The van der Waals surface area contributed by atoms with Crippen LogP contribution in [0, 0.1) is 13.8 Å². The van der Waals surface area contributed by atoms with E-state index >= 15 is 0 Å². The number of nitrogens with one attached hydrogen (secondary N) is 2. The fraction of sp³-hybridized carbons (Fsp3) is 0.143. The molecule has 5 amide bonds. The molecule has 0 unspecified atom stereocenters. The average molecular weight is 534 g/mol. The number of anilines is 2. The predicted octanol–water partition coefficient (Wildman–Crippen LogP) is 4.65. The third-order valence-corrected chi connectivity index (χ3v) is 6.18. The maximum Gasteiger partial charge on any atom is 0.335 e. The van der Waals surface area contributed by atoms with Gasteiger partial charge in [-0.25, -0.2) is 9.69 Å². The van der Waals surface area contributed by atoms with Crippen LogP contribution >= 0.6 is 11.6 Å². The Labute approximate surface area is 224 Å². The molecular weight excluding hydrogens is 510 g/mol. The van der Waals surface area contributed by atoms with Crippen molar-refractivity contribution in [2.24, 2.45) is 0 Å². The Morgan fingerprint density at radius 2 is 1.79 bits per heavy atom. The highest BCUT2D eigenvalue weighted by Gasteiger charge is 2.37. The number of ether oxygens (including phenoxy) is 2. The fourth-order valence-electron chi connectivity index (χ4n) is 3.76. The van der Waals surface area contributed by atoms with Crippen molar-refractivity contribution in [3.8, 4) is 11.5 Å². The van der Waals surface area contributed by atoms with Crippen LogP contribution in [-0.2, 0) is 14.4 Å². The number of carbonyl (C=O) groups excluding carboxylic acids is 4. The molecule has 0 radical (unpaired) electrons. The molecule has 3 aromatic carbocycles. The van der Waals surface area contributed by atoms with Crippen LogP contribution in [0.5, 0.6) is 11.5 Å². The van der Waals surface area contributed by atoms with Crippen molar-refractivity contribution in [2.45, 2.75) is 13.8 Å². The molecule has 1 fully saturated rings. The number of barbiturate groups is 1. The molecule has 0 aliphatic carbocycles. The van der Waals surface area contributed by atoms with Crippen LogP contribution in [0.4, 0.5) is 16.2 Å². The standard InChI is InChI=1S/C28H24ClN3O6/c1-16-5-4-6-23(17(16)2)30-25(33)15-38-24-12-7-19(29)13-18(24)14-22-26(34)31-28(36)32(27(22)35)20-8-10-21(37-3)11-9-20/h4-14H,15H2,1-3H3,(H,30,33)(H,31,34,36)/b22-14+. The first kappa shape index (κ1) is 26.4. The number of halogens is 1.